The van der Waals surface area contributed by atoms with E-state index >= 15 is 0 Å². The Labute approximate surface area is 116 Å². The van der Waals surface area contributed by atoms with E-state index in [1.807, 2.05) is 37.4 Å². The molecule has 1 aromatic carbocycles. The Bertz CT molecular complexity index is 659. The summed E-state index contributed by atoms with van der Waals surface area (Å²) in [7, 11) is 1.64. The second-order valence-electron chi connectivity index (χ2n) is 3.64. The number of anilines is 1. The lowest BCUT2D eigenvalue weighted by molar-refractivity contribution is 0.419. The third-order valence-corrected chi connectivity index (χ3v) is 3.49. The van der Waals surface area contributed by atoms with Gasteiger partial charge in [-0.3, -0.25) is 0 Å². The van der Waals surface area contributed by atoms with Crippen molar-refractivity contribution < 1.29 is 4.74 Å². The molecule has 0 aliphatic carbocycles. The van der Waals surface area contributed by atoms with Crippen LogP contribution >= 0.6 is 11.3 Å². The first-order valence-corrected chi connectivity index (χ1v) is 7.03. The van der Waals surface area contributed by atoms with Gasteiger partial charge in [-0.2, -0.15) is 0 Å². The predicted molar refractivity (Wildman–Crippen MR) is 81.7 cm³/mol. The standard InChI is InChI=1S/C12H11N3OS.C2H6/c1-16-8-5-4-7(13)10-11(8)15-12(14-10)9-3-2-6-17-9;1-2/h2-6H,13H2,1H3,(H,14,15);1-2H3. The average Bonchev–Trinajstić information content (AvgIpc) is 3.10. The molecule has 0 saturated heterocycles. The van der Waals surface area contributed by atoms with E-state index in [1.54, 1.807) is 24.5 Å². The zero-order chi connectivity index (χ0) is 13.8. The Morgan fingerprint density at radius 2 is 2.05 bits per heavy atom. The van der Waals surface area contributed by atoms with E-state index in [0.717, 1.165) is 27.5 Å². The van der Waals surface area contributed by atoms with Gasteiger partial charge in [0.15, 0.2) is 0 Å². The molecular weight excluding hydrogens is 258 g/mol. The molecule has 3 aromatic rings. The van der Waals surface area contributed by atoms with Crippen molar-refractivity contribution in [3.8, 4) is 16.5 Å². The molecule has 2 heterocycles. The number of nitrogens with zero attached hydrogens (tertiary/aromatic N) is 1. The molecule has 0 atom stereocenters. The van der Waals surface area contributed by atoms with E-state index in [9.17, 15) is 0 Å². The summed E-state index contributed by atoms with van der Waals surface area (Å²) in [5.74, 6) is 1.58. The van der Waals surface area contributed by atoms with Crippen LogP contribution in [0.2, 0.25) is 0 Å². The molecule has 0 radical (unpaired) electrons. The number of nitrogen functional groups attached to an aromatic ring is 1. The molecule has 3 N–H and O–H groups in total. The Morgan fingerprint density at radius 1 is 1.26 bits per heavy atom. The first-order valence-electron chi connectivity index (χ1n) is 6.15. The van der Waals surface area contributed by atoms with Gasteiger partial charge in [0.1, 0.15) is 22.6 Å². The topological polar surface area (TPSA) is 63.9 Å². The molecule has 2 aromatic heterocycles. The van der Waals surface area contributed by atoms with Crippen molar-refractivity contribution in [1.82, 2.24) is 9.97 Å². The monoisotopic (exact) mass is 275 g/mol. The van der Waals surface area contributed by atoms with Crippen molar-refractivity contribution in [2.75, 3.05) is 12.8 Å². The summed E-state index contributed by atoms with van der Waals surface area (Å²) in [6.07, 6.45) is 0. The van der Waals surface area contributed by atoms with Crippen LogP contribution in [-0.2, 0) is 0 Å². The molecule has 100 valence electrons. The molecule has 0 saturated carbocycles. The Kier molecular flexibility index (Phi) is 4.06. The molecule has 0 amide bonds. The number of aromatic nitrogens is 2. The fraction of sp³-hybridized carbons (Fsp3) is 0.214. The number of benzene rings is 1. The number of methoxy groups -OCH3 is 1. The minimum absolute atomic E-state index is 0.653. The quantitative estimate of drug-likeness (QED) is 0.697. The Hall–Kier alpha value is -2.01. The van der Waals surface area contributed by atoms with Crippen molar-refractivity contribution in [3.63, 3.8) is 0 Å². The van der Waals surface area contributed by atoms with E-state index in [0.29, 0.717) is 5.69 Å². The summed E-state index contributed by atoms with van der Waals surface area (Å²) in [4.78, 5) is 8.85. The Morgan fingerprint density at radius 3 is 2.68 bits per heavy atom. The van der Waals surface area contributed by atoms with Crippen LogP contribution in [0.25, 0.3) is 21.7 Å². The van der Waals surface area contributed by atoms with E-state index in [-0.39, 0.29) is 0 Å². The number of H-pyrrole nitrogens is 1. The van der Waals surface area contributed by atoms with Gasteiger partial charge in [0.2, 0.25) is 0 Å². The third-order valence-electron chi connectivity index (χ3n) is 2.61. The molecule has 4 nitrogen and oxygen atoms in total. The van der Waals surface area contributed by atoms with Gasteiger partial charge in [-0.25, -0.2) is 4.98 Å². The highest BCUT2D eigenvalue weighted by Gasteiger charge is 2.12. The molecule has 3 rings (SSSR count). The maximum Gasteiger partial charge on any atom is 0.148 e. The Balaban J connectivity index is 0.000000637. The van der Waals surface area contributed by atoms with Crippen molar-refractivity contribution >= 4 is 28.1 Å². The van der Waals surface area contributed by atoms with Gasteiger partial charge in [0.25, 0.3) is 0 Å². The van der Waals surface area contributed by atoms with E-state index < -0.39 is 0 Å². The van der Waals surface area contributed by atoms with Crippen molar-refractivity contribution in [2.24, 2.45) is 0 Å². The van der Waals surface area contributed by atoms with Crippen LogP contribution < -0.4 is 10.5 Å². The minimum atomic E-state index is 0.653. The second kappa shape index (κ2) is 5.75. The van der Waals surface area contributed by atoms with Gasteiger partial charge in [0, 0.05) is 0 Å². The third kappa shape index (κ3) is 2.42. The minimum Gasteiger partial charge on any atom is -0.494 e. The number of hydrogen-bond donors (Lipinski definition) is 2. The zero-order valence-corrected chi connectivity index (χ0v) is 12.0. The summed E-state index contributed by atoms with van der Waals surface area (Å²) in [6.45, 7) is 4.00. The first-order chi connectivity index (χ1) is 9.29. The number of rotatable bonds is 2. The van der Waals surface area contributed by atoms with E-state index in [4.69, 9.17) is 10.5 Å². The lowest BCUT2D eigenvalue weighted by Crippen LogP contribution is -1.89. The SMILES string of the molecule is CC.COc1ccc(N)c2nc(-c3cccs3)[nH]c12. The molecule has 0 bridgehead atoms. The van der Waals surface area contributed by atoms with Crippen LogP contribution in [0, 0.1) is 0 Å². The van der Waals surface area contributed by atoms with Crippen LogP contribution in [-0.4, -0.2) is 17.1 Å². The highest BCUT2D eigenvalue weighted by atomic mass is 32.1. The summed E-state index contributed by atoms with van der Waals surface area (Å²) < 4.78 is 5.29. The normalized spacial score (nSPS) is 10.1. The number of nitrogens with one attached hydrogen (secondary N) is 1. The summed E-state index contributed by atoms with van der Waals surface area (Å²) in [5, 5.41) is 2.02. The number of ether oxygens (including phenoxy) is 1. The van der Waals surface area contributed by atoms with Gasteiger partial charge in [-0.1, -0.05) is 19.9 Å². The number of imidazole rings is 1. The zero-order valence-electron chi connectivity index (χ0n) is 11.2. The van der Waals surface area contributed by atoms with Crippen molar-refractivity contribution in [2.45, 2.75) is 13.8 Å². The lowest BCUT2D eigenvalue weighted by Gasteiger charge is -2.01. The summed E-state index contributed by atoms with van der Waals surface area (Å²) in [6, 6.07) is 7.66. The molecular formula is C14H17N3OS. The molecule has 0 aliphatic heterocycles. The number of hydrogen-bond acceptors (Lipinski definition) is 4. The predicted octanol–water partition coefficient (Wildman–Crippen LogP) is 3.91. The van der Waals surface area contributed by atoms with E-state index in [2.05, 4.69) is 9.97 Å². The molecule has 19 heavy (non-hydrogen) atoms. The van der Waals surface area contributed by atoms with Gasteiger partial charge in [-0.15, -0.1) is 11.3 Å². The van der Waals surface area contributed by atoms with Crippen LogP contribution in [0.15, 0.2) is 29.6 Å². The maximum absolute atomic E-state index is 5.91. The highest BCUT2D eigenvalue weighted by molar-refractivity contribution is 7.13. The van der Waals surface area contributed by atoms with Crippen LogP contribution in [0.4, 0.5) is 5.69 Å². The summed E-state index contributed by atoms with van der Waals surface area (Å²) in [5.41, 5.74) is 8.17. The fourth-order valence-corrected chi connectivity index (χ4v) is 2.46. The van der Waals surface area contributed by atoms with Crippen molar-refractivity contribution in [1.29, 1.82) is 0 Å². The smallest absolute Gasteiger partial charge is 0.148 e. The number of thiophene rings is 1. The second-order valence-corrected chi connectivity index (χ2v) is 4.59. The number of fused-ring (bicyclic) bond motifs is 1. The van der Waals surface area contributed by atoms with Gasteiger partial charge >= 0.3 is 0 Å². The van der Waals surface area contributed by atoms with Crippen LogP contribution in [0.5, 0.6) is 5.75 Å². The molecule has 0 spiro atoms. The van der Waals surface area contributed by atoms with Gasteiger partial charge < -0.3 is 15.5 Å². The first kappa shape index (κ1) is 13.4. The highest BCUT2D eigenvalue weighted by Crippen LogP contribution is 2.32. The molecule has 5 heteroatoms. The van der Waals surface area contributed by atoms with E-state index in [1.165, 1.54) is 0 Å². The summed E-state index contributed by atoms with van der Waals surface area (Å²) >= 11 is 1.64. The molecule has 0 aliphatic rings. The maximum atomic E-state index is 5.91. The molecule has 0 fully saturated rings. The lowest BCUT2D eigenvalue weighted by atomic mass is 10.2. The van der Waals surface area contributed by atoms with Gasteiger partial charge in [0.05, 0.1) is 17.7 Å². The van der Waals surface area contributed by atoms with Gasteiger partial charge in [-0.05, 0) is 23.6 Å². The fourth-order valence-electron chi connectivity index (χ4n) is 1.79. The molecule has 0 unspecified atom stereocenters. The average molecular weight is 275 g/mol. The number of aromatic amines is 1. The van der Waals surface area contributed by atoms with Crippen LogP contribution in [0.3, 0.4) is 0 Å². The number of nitrogens with two attached hydrogens (primary N) is 1. The van der Waals surface area contributed by atoms with Crippen molar-refractivity contribution in [3.05, 3.63) is 29.6 Å². The largest absolute Gasteiger partial charge is 0.494 e. The van der Waals surface area contributed by atoms with Crippen LogP contribution in [0.1, 0.15) is 13.8 Å².